The Morgan fingerprint density at radius 2 is 1.97 bits per heavy atom. The van der Waals surface area contributed by atoms with Crippen LogP contribution in [0.15, 0.2) is 36.7 Å². The molecular weight excluding hydrogens is 364 g/mol. The van der Waals surface area contributed by atoms with Crippen LogP contribution in [0.2, 0.25) is 0 Å². The highest BCUT2D eigenvalue weighted by atomic mass is 16.1. The van der Waals surface area contributed by atoms with Gasteiger partial charge in [0.05, 0.1) is 11.7 Å². The van der Waals surface area contributed by atoms with Gasteiger partial charge in [-0.05, 0) is 76.0 Å². The minimum absolute atomic E-state index is 0.0424. The number of nitrogens with one attached hydrogen (secondary N) is 4. The van der Waals surface area contributed by atoms with Crippen molar-refractivity contribution in [3.63, 3.8) is 0 Å². The third kappa shape index (κ3) is 3.65. The van der Waals surface area contributed by atoms with E-state index >= 15 is 0 Å². The molecule has 4 N–H and O–H groups in total. The first-order chi connectivity index (χ1) is 14.0. The van der Waals surface area contributed by atoms with Gasteiger partial charge in [-0.15, -0.1) is 0 Å². The van der Waals surface area contributed by atoms with Crippen molar-refractivity contribution < 1.29 is 4.79 Å². The van der Waals surface area contributed by atoms with Crippen LogP contribution in [0.4, 0.5) is 5.69 Å². The van der Waals surface area contributed by atoms with Crippen molar-refractivity contribution in [1.29, 1.82) is 0 Å². The third-order valence-corrected chi connectivity index (χ3v) is 6.81. The molecule has 0 saturated carbocycles. The fourth-order valence-electron chi connectivity index (χ4n) is 5.22. The third-order valence-electron chi connectivity index (χ3n) is 6.81. The van der Waals surface area contributed by atoms with Gasteiger partial charge in [0.2, 0.25) is 0 Å². The number of hydrogen-bond acceptors (Lipinski definition) is 5. The Hall–Kier alpha value is -2.38. The van der Waals surface area contributed by atoms with Crippen LogP contribution in [-0.4, -0.2) is 59.9 Å². The highest BCUT2D eigenvalue weighted by molar-refractivity contribution is 5.94. The molecule has 7 heteroatoms. The SMILES string of the molecule is CNC(=O)c1ccc(N2C(Cc3cn[nH]c3)C(C)NC(C)C23CCNCC3)cc1. The zero-order chi connectivity index (χ0) is 20.4. The van der Waals surface area contributed by atoms with E-state index in [0.29, 0.717) is 23.7 Å². The molecule has 2 aliphatic rings. The number of anilines is 1. The first kappa shape index (κ1) is 19.9. The molecule has 156 valence electrons. The molecule has 4 rings (SSSR count). The molecule has 1 aromatic carbocycles. The molecule has 1 spiro atoms. The Balaban J connectivity index is 1.75. The zero-order valence-electron chi connectivity index (χ0n) is 17.5. The van der Waals surface area contributed by atoms with E-state index in [1.807, 2.05) is 24.5 Å². The van der Waals surface area contributed by atoms with E-state index in [2.05, 4.69) is 57.0 Å². The molecule has 0 aliphatic carbocycles. The molecule has 3 unspecified atom stereocenters. The number of aromatic nitrogens is 2. The molecule has 1 aromatic heterocycles. The summed E-state index contributed by atoms with van der Waals surface area (Å²) < 4.78 is 0. The average molecular weight is 397 g/mol. The number of carbonyl (C=O) groups is 1. The molecule has 3 atom stereocenters. The van der Waals surface area contributed by atoms with Crippen molar-refractivity contribution in [2.45, 2.75) is 56.8 Å². The summed E-state index contributed by atoms with van der Waals surface area (Å²) in [6.45, 7) is 6.64. The number of H-pyrrole nitrogens is 1. The molecule has 2 fully saturated rings. The maximum absolute atomic E-state index is 12.0. The van der Waals surface area contributed by atoms with Gasteiger partial charge in [0.25, 0.3) is 5.91 Å². The summed E-state index contributed by atoms with van der Waals surface area (Å²) in [5.41, 5.74) is 3.14. The average Bonchev–Trinajstić information content (AvgIpc) is 3.26. The van der Waals surface area contributed by atoms with Crippen LogP contribution in [0, 0.1) is 0 Å². The van der Waals surface area contributed by atoms with Crippen LogP contribution in [0.5, 0.6) is 0 Å². The molecule has 3 heterocycles. The predicted molar refractivity (Wildman–Crippen MR) is 115 cm³/mol. The summed E-state index contributed by atoms with van der Waals surface area (Å²) in [6, 6.07) is 9.11. The highest BCUT2D eigenvalue weighted by Gasteiger charge is 2.50. The lowest BCUT2D eigenvalue weighted by molar-refractivity contribution is 0.0963. The molecule has 2 aliphatic heterocycles. The molecule has 2 saturated heterocycles. The second kappa shape index (κ2) is 8.16. The Bertz CT molecular complexity index is 812. The van der Waals surface area contributed by atoms with Crippen molar-refractivity contribution >= 4 is 11.6 Å². The summed E-state index contributed by atoms with van der Waals surface area (Å²) >= 11 is 0. The lowest BCUT2D eigenvalue weighted by atomic mass is 9.74. The van der Waals surface area contributed by atoms with Gasteiger partial charge in [-0.1, -0.05) is 0 Å². The smallest absolute Gasteiger partial charge is 0.251 e. The normalized spacial score (nSPS) is 26.4. The minimum Gasteiger partial charge on any atom is -0.359 e. The first-order valence-corrected chi connectivity index (χ1v) is 10.6. The second-order valence-electron chi connectivity index (χ2n) is 8.40. The number of benzene rings is 1. The Morgan fingerprint density at radius 3 is 2.59 bits per heavy atom. The van der Waals surface area contributed by atoms with Crippen molar-refractivity contribution in [1.82, 2.24) is 26.1 Å². The molecule has 2 aromatic rings. The summed E-state index contributed by atoms with van der Waals surface area (Å²) in [5.74, 6) is -0.0508. The summed E-state index contributed by atoms with van der Waals surface area (Å²) in [7, 11) is 1.67. The second-order valence-corrected chi connectivity index (χ2v) is 8.40. The first-order valence-electron chi connectivity index (χ1n) is 10.6. The topological polar surface area (TPSA) is 85.1 Å². The van der Waals surface area contributed by atoms with E-state index in [1.165, 1.54) is 11.3 Å². The van der Waals surface area contributed by atoms with E-state index < -0.39 is 0 Å². The summed E-state index contributed by atoms with van der Waals surface area (Å²) in [5, 5.41) is 17.2. The standard InChI is InChI=1S/C22H32N6O/c1-15-20(12-17-13-25-26-14-17)28(19-6-4-18(5-7-19)21(29)23-3)22(16(2)27-15)8-10-24-11-9-22/h4-7,13-16,20,24,27H,8-12H2,1-3H3,(H,23,29)(H,25,26). The van der Waals surface area contributed by atoms with Crippen molar-refractivity contribution in [3.05, 3.63) is 47.8 Å². The van der Waals surface area contributed by atoms with E-state index in [9.17, 15) is 4.79 Å². The molecule has 7 nitrogen and oxygen atoms in total. The number of rotatable bonds is 4. The summed E-state index contributed by atoms with van der Waals surface area (Å²) in [4.78, 5) is 14.7. The van der Waals surface area contributed by atoms with Gasteiger partial charge in [0.1, 0.15) is 0 Å². The van der Waals surface area contributed by atoms with Crippen molar-refractivity contribution in [3.8, 4) is 0 Å². The Kier molecular flexibility index (Phi) is 5.61. The largest absolute Gasteiger partial charge is 0.359 e. The number of piperazine rings is 1. The fraction of sp³-hybridized carbons (Fsp3) is 0.545. The number of piperidine rings is 1. The minimum atomic E-state index is -0.0508. The van der Waals surface area contributed by atoms with Crippen LogP contribution in [-0.2, 0) is 6.42 Å². The highest BCUT2D eigenvalue weighted by Crippen LogP contribution is 2.40. The van der Waals surface area contributed by atoms with Gasteiger partial charge < -0.3 is 20.9 Å². The van der Waals surface area contributed by atoms with E-state index in [-0.39, 0.29) is 11.4 Å². The van der Waals surface area contributed by atoms with Gasteiger partial charge in [-0.3, -0.25) is 9.89 Å². The van der Waals surface area contributed by atoms with Crippen LogP contribution < -0.4 is 20.9 Å². The molecule has 0 bridgehead atoms. The number of hydrogen-bond donors (Lipinski definition) is 4. The van der Waals surface area contributed by atoms with Crippen molar-refractivity contribution in [2.75, 3.05) is 25.0 Å². The predicted octanol–water partition coefficient (Wildman–Crippen LogP) is 1.69. The monoisotopic (exact) mass is 396 g/mol. The van der Waals surface area contributed by atoms with Crippen LogP contribution >= 0.6 is 0 Å². The number of amides is 1. The molecule has 0 radical (unpaired) electrons. The van der Waals surface area contributed by atoms with Gasteiger partial charge in [0, 0.05) is 42.6 Å². The fourth-order valence-corrected chi connectivity index (χ4v) is 5.22. The van der Waals surface area contributed by atoms with Crippen molar-refractivity contribution in [2.24, 2.45) is 0 Å². The lowest BCUT2D eigenvalue weighted by Gasteiger charge is -2.60. The van der Waals surface area contributed by atoms with E-state index in [0.717, 1.165) is 32.4 Å². The molecule has 29 heavy (non-hydrogen) atoms. The number of nitrogens with zero attached hydrogens (tertiary/aromatic N) is 2. The van der Waals surface area contributed by atoms with Gasteiger partial charge in [-0.25, -0.2) is 0 Å². The quantitative estimate of drug-likeness (QED) is 0.632. The lowest BCUT2D eigenvalue weighted by Crippen LogP contribution is -2.75. The number of carbonyl (C=O) groups excluding carboxylic acids is 1. The van der Waals surface area contributed by atoms with Crippen LogP contribution in [0.25, 0.3) is 0 Å². The zero-order valence-corrected chi connectivity index (χ0v) is 17.5. The van der Waals surface area contributed by atoms with Gasteiger partial charge in [0.15, 0.2) is 0 Å². The van der Waals surface area contributed by atoms with E-state index in [1.54, 1.807) is 7.05 Å². The Morgan fingerprint density at radius 1 is 1.24 bits per heavy atom. The van der Waals surface area contributed by atoms with Gasteiger partial charge in [-0.2, -0.15) is 5.10 Å². The maximum Gasteiger partial charge on any atom is 0.251 e. The summed E-state index contributed by atoms with van der Waals surface area (Å²) in [6.07, 6.45) is 7.02. The van der Waals surface area contributed by atoms with Gasteiger partial charge >= 0.3 is 0 Å². The van der Waals surface area contributed by atoms with E-state index in [4.69, 9.17) is 0 Å². The maximum atomic E-state index is 12.0. The molecule has 1 amide bonds. The van der Waals surface area contributed by atoms with Crippen LogP contribution in [0.3, 0.4) is 0 Å². The number of aromatic amines is 1. The Labute approximate surface area is 172 Å². The molecular formula is C22H32N6O. The van der Waals surface area contributed by atoms with Crippen LogP contribution in [0.1, 0.15) is 42.6 Å².